The van der Waals surface area contributed by atoms with Gasteiger partial charge in [0.05, 0.1) is 17.5 Å². The fourth-order valence-corrected chi connectivity index (χ4v) is 3.54. The Morgan fingerprint density at radius 3 is 2.44 bits per heavy atom. The Labute approximate surface area is 147 Å². The molecule has 1 N–H and O–H groups in total. The Hall–Kier alpha value is -2.37. The summed E-state index contributed by atoms with van der Waals surface area (Å²) in [4.78, 5) is 40.1. The van der Waals surface area contributed by atoms with Crippen LogP contribution in [0, 0.1) is 5.92 Å². The summed E-state index contributed by atoms with van der Waals surface area (Å²) in [7, 11) is 0. The number of hydrogen-bond acceptors (Lipinski definition) is 3. The number of rotatable bonds is 4. The molecule has 1 heterocycles. The van der Waals surface area contributed by atoms with E-state index >= 15 is 0 Å². The average Bonchev–Trinajstić information content (AvgIpc) is 3.38. The molecule has 0 radical (unpaired) electrons. The largest absolute Gasteiger partial charge is 0.478 e. The van der Waals surface area contributed by atoms with Crippen molar-refractivity contribution in [2.45, 2.75) is 38.6 Å². The number of carbonyl (C=O) groups excluding carboxylic acids is 2. The summed E-state index contributed by atoms with van der Waals surface area (Å²) in [5.74, 6) is -0.739. The first-order valence-corrected chi connectivity index (χ1v) is 8.70. The number of piperazine rings is 1. The summed E-state index contributed by atoms with van der Waals surface area (Å²) < 4.78 is 0. The van der Waals surface area contributed by atoms with Crippen molar-refractivity contribution in [3.63, 3.8) is 0 Å². The van der Waals surface area contributed by atoms with Gasteiger partial charge in [0.1, 0.15) is 0 Å². The van der Waals surface area contributed by atoms with Crippen LogP contribution in [0.25, 0.3) is 0 Å². The highest BCUT2D eigenvalue weighted by atomic mass is 16.4. The number of nitrogens with zero attached hydrogens (tertiary/aromatic N) is 2. The molecule has 1 aliphatic carbocycles. The third-order valence-corrected chi connectivity index (χ3v) is 5.03. The summed E-state index contributed by atoms with van der Waals surface area (Å²) in [5, 5.41) is 9.28. The third-order valence-electron chi connectivity index (χ3n) is 5.03. The Morgan fingerprint density at radius 2 is 1.84 bits per heavy atom. The molecule has 2 aliphatic rings. The van der Waals surface area contributed by atoms with E-state index in [1.165, 1.54) is 6.07 Å². The second-order valence-electron chi connectivity index (χ2n) is 7.53. The van der Waals surface area contributed by atoms with Gasteiger partial charge < -0.3 is 14.9 Å². The second kappa shape index (κ2) is 6.50. The lowest BCUT2D eigenvalue weighted by molar-refractivity contribution is -0.147. The van der Waals surface area contributed by atoms with Crippen molar-refractivity contribution in [1.29, 1.82) is 0 Å². The normalized spacial score (nSPS) is 19.6. The highest BCUT2D eigenvalue weighted by Gasteiger charge is 2.41. The maximum Gasteiger partial charge on any atom is 0.335 e. The van der Waals surface area contributed by atoms with Gasteiger partial charge in [0.25, 0.3) is 0 Å². The number of benzene rings is 1. The molecule has 3 rings (SSSR count). The summed E-state index contributed by atoms with van der Waals surface area (Å²) in [5.41, 5.74) is 0.224. The standard InChI is InChI=1S/C19H24N2O4/c1-19(2)12-20(17(23)13-7-8-13)9-10-21(19)16(22)11-14-5-3-4-6-15(14)18(24)25/h3-6,13H,7-12H2,1-2H3,(H,24,25). The fourth-order valence-electron chi connectivity index (χ4n) is 3.54. The second-order valence-corrected chi connectivity index (χ2v) is 7.53. The van der Waals surface area contributed by atoms with E-state index in [0.29, 0.717) is 25.2 Å². The van der Waals surface area contributed by atoms with Gasteiger partial charge in [0.15, 0.2) is 0 Å². The van der Waals surface area contributed by atoms with Crippen LogP contribution in [0.4, 0.5) is 0 Å². The summed E-state index contributed by atoms with van der Waals surface area (Å²) in [6.45, 7) is 5.47. The average molecular weight is 344 g/mol. The zero-order chi connectivity index (χ0) is 18.2. The van der Waals surface area contributed by atoms with E-state index in [-0.39, 0.29) is 29.7 Å². The van der Waals surface area contributed by atoms with E-state index in [9.17, 15) is 19.5 Å². The molecular weight excluding hydrogens is 320 g/mol. The molecule has 6 nitrogen and oxygen atoms in total. The molecule has 1 saturated carbocycles. The van der Waals surface area contributed by atoms with Crippen LogP contribution in [-0.4, -0.2) is 57.9 Å². The van der Waals surface area contributed by atoms with Crippen LogP contribution >= 0.6 is 0 Å². The van der Waals surface area contributed by atoms with Crippen LogP contribution < -0.4 is 0 Å². The predicted molar refractivity (Wildman–Crippen MR) is 92.2 cm³/mol. The maximum atomic E-state index is 12.8. The molecule has 2 amide bonds. The van der Waals surface area contributed by atoms with Crippen molar-refractivity contribution in [2.24, 2.45) is 5.92 Å². The molecule has 1 aromatic rings. The lowest BCUT2D eigenvalue weighted by Crippen LogP contribution is -2.62. The lowest BCUT2D eigenvalue weighted by Gasteiger charge is -2.47. The van der Waals surface area contributed by atoms with E-state index in [1.54, 1.807) is 23.1 Å². The minimum Gasteiger partial charge on any atom is -0.478 e. The number of hydrogen-bond donors (Lipinski definition) is 1. The van der Waals surface area contributed by atoms with Crippen molar-refractivity contribution in [3.05, 3.63) is 35.4 Å². The third kappa shape index (κ3) is 3.67. The van der Waals surface area contributed by atoms with Gasteiger partial charge >= 0.3 is 5.97 Å². The van der Waals surface area contributed by atoms with E-state index < -0.39 is 11.5 Å². The van der Waals surface area contributed by atoms with Crippen LogP contribution in [0.15, 0.2) is 24.3 Å². The molecule has 0 aromatic heterocycles. The minimum absolute atomic E-state index is 0.0580. The molecule has 0 unspecified atom stereocenters. The van der Waals surface area contributed by atoms with E-state index in [1.807, 2.05) is 18.7 Å². The Morgan fingerprint density at radius 1 is 1.16 bits per heavy atom. The highest BCUT2D eigenvalue weighted by Crippen LogP contribution is 2.33. The first-order chi connectivity index (χ1) is 11.8. The van der Waals surface area contributed by atoms with Crippen molar-refractivity contribution < 1.29 is 19.5 Å². The molecule has 6 heteroatoms. The van der Waals surface area contributed by atoms with Crippen LogP contribution in [0.3, 0.4) is 0 Å². The molecule has 2 fully saturated rings. The molecule has 0 atom stereocenters. The lowest BCUT2D eigenvalue weighted by atomic mass is 9.96. The molecule has 1 aliphatic heterocycles. The fraction of sp³-hybridized carbons (Fsp3) is 0.526. The van der Waals surface area contributed by atoms with Crippen molar-refractivity contribution in [3.8, 4) is 0 Å². The first kappa shape index (κ1) is 17.5. The molecule has 1 aromatic carbocycles. The van der Waals surface area contributed by atoms with E-state index in [0.717, 1.165) is 12.8 Å². The Balaban J connectivity index is 1.70. The van der Waals surface area contributed by atoms with Crippen molar-refractivity contribution in [2.75, 3.05) is 19.6 Å². The highest BCUT2D eigenvalue weighted by molar-refractivity contribution is 5.92. The van der Waals surface area contributed by atoms with Gasteiger partial charge in [-0.05, 0) is 38.3 Å². The molecule has 25 heavy (non-hydrogen) atoms. The summed E-state index contributed by atoms with van der Waals surface area (Å²) in [6, 6.07) is 6.60. The quantitative estimate of drug-likeness (QED) is 0.903. The van der Waals surface area contributed by atoms with Gasteiger partial charge in [-0.25, -0.2) is 4.79 Å². The maximum absolute atomic E-state index is 12.8. The molecule has 134 valence electrons. The van der Waals surface area contributed by atoms with Crippen molar-refractivity contribution in [1.82, 2.24) is 9.80 Å². The van der Waals surface area contributed by atoms with Crippen LogP contribution in [0.1, 0.15) is 42.6 Å². The number of carboxylic acids is 1. The number of aromatic carboxylic acids is 1. The van der Waals surface area contributed by atoms with E-state index in [4.69, 9.17) is 0 Å². The Bertz CT molecular complexity index is 709. The minimum atomic E-state index is -1.03. The van der Waals surface area contributed by atoms with Gasteiger partial charge in [0.2, 0.25) is 11.8 Å². The van der Waals surface area contributed by atoms with Gasteiger partial charge in [0, 0.05) is 25.6 Å². The zero-order valence-corrected chi connectivity index (χ0v) is 14.7. The summed E-state index contributed by atoms with van der Waals surface area (Å²) in [6.07, 6.45) is 2.01. The smallest absolute Gasteiger partial charge is 0.335 e. The topological polar surface area (TPSA) is 77.9 Å². The van der Waals surface area contributed by atoms with Gasteiger partial charge in [-0.3, -0.25) is 9.59 Å². The molecule has 0 bridgehead atoms. The number of amides is 2. The SMILES string of the molecule is CC1(C)CN(C(=O)C2CC2)CCN1C(=O)Cc1ccccc1C(=O)O. The summed E-state index contributed by atoms with van der Waals surface area (Å²) >= 11 is 0. The molecule has 1 saturated heterocycles. The zero-order valence-electron chi connectivity index (χ0n) is 14.7. The first-order valence-electron chi connectivity index (χ1n) is 8.70. The molecular formula is C19H24N2O4. The predicted octanol–water partition coefficient (Wildman–Crippen LogP) is 1.79. The van der Waals surface area contributed by atoms with Crippen molar-refractivity contribution >= 4 is 17.8 Å². The number of carbonyl (C=O) groups is 3. The van der Waals surface area contributed by atoms with Gasteiger partial charge in [-0.15, -0.1) is 0 Å². The number of carboxylic acid groups (broad SMARTS) is 1. The van der Waals surface area contributed by atoms with Crippen LogP contribution in [-0.2, 0) is 16.0 Å². The molecule has 0 spiro atoms. The van der Waals surface area contributed by atoms with Gasteiger partial charge in [-0.2, -0.15) is 0 Å². The Kier molecular flexibility index (Phi) is 4.54. The van der Waals surface area contributed by atoms with E-state index in [2.05, 4.69) is 0 Å². The van der Waals surface area contributed by atoms with Crippen LogP contribution in [0.2, 0.25) is 0 Å². The van der Waals surface area contributed by atoms with Gasteiger partial charge in [-0.1, -0.05) is 18.2 Å². The van der Waals surface area contributed by atoms with Crippen LogP contribution in [0.5, 0.6) is 0 Å². The monoisotopic (exact) mass is 344 g/mol.